The second kappa shape index (κ2) is 13.4. The maximum absolute atomic E-state index is 13.9. The molecule has 1 aliphatic rings. The topological polar surface area (TPSA) is 82.5 Å². The summed E-state index contributed by atoms with van der Waals surface area (Å²) < 4.78 is 62.9. The largest absolute Gasteiger partial charge is 0.423 e. The molecule has 0 saturated carbocycles. The van der Waals surface area contributed by atoms with Crippen LogP contribution in [0, 0.1) is 0 Å². The Bertz CT molecular complexity index is 1710. The monoisotopic (exact) mass is 700 g/mol. The first-order valence-electron chi connectivity index (χ1n) is 15.7. The number of aromatic amines is 1. The molecule has 1 saturated heterocycles. The van der Waals surface area contributed by atoms with E-state index in [0.29, 0.717) is 6.20 Å². The van der Waals surface area contributed by atoms with Crippen LogP contribution in [0.1, 0.15) is 55.7 Å². The Labute approximate surface area is 283 Å². The van der Waals surface area contributed by atoms with Gasteiger partial charge in [0, 0.05) is 12.6 Å². The predicted octanol–water partition coefficient (Wildman–Crippen LogP) is 7.85. The first-order valence-corrected chi connectivity index (χ1v) is 19.1. The van der Waals surface area contributed by atoms with Crippen LogP contribution in [-0.4, -0.2) is 42.1 Å². The van der Waals surface area contributed by atoms with Gasteiger partial charge in [-0.3, -0.25) is 14.3 Å². The number of nitrogens with one attached hydrogen (secondary N) is 1. The third-order valence-electron chi connectivity index (χ3n) is 9.53. The van der Waals surface area contributed by atoms with Gasteiger partial charge in [0.25, 0.3) is 5.56 Å². The highest BCUT2D eigenvalue weighted by molar-refractivity contribution is 6.74. The molecular formula is C36H40ClF3N2O5Si. The molecule has 1 aliphatic heterocycles. The normalized spacial score (nSPS) is 20.6. The predicted molar refractivity (Wildman–Crippen MR) is 182 cm³/mol. The molecule has 7 nitrogen and oxygen atoms in total. The fourth-order valence-electron chi connectivity index (χ4n) is 5.76. The average molecular weight is 701 g/mol. The van der Waals surface area contributed by atoms with Gasteiger partial charge in [-0.15, -0.1) is 11.6 Å². The van der Waals surface area contributed by atoms with E-state index in [0.717, 1.165) is 21.3 Å². The lowest BCUT2D eigenvalue weighted by molar-refractivity contribution is -0.151. The molecule has 0 unspecified atom stereocenters. The summed E-state index contributed by atoms with van der Waals surface area (Å²) >= 11 is 6.80. The number of hydrogen-bond donors (Lipinski definition) is 1. The first kappa shape index (κ1) is 35.8. The molecule has 0 aliphatic carbocycles. The number of alkyl halides is 4. The van der Waals surface area contributed by atoms with Gasteiger partial charge in [-0.2, -0.15) is 13.2 Å². The lowest BCUT2D eigenvalue weighted by atomic mass is 9.79. The van der Waals surface area contributed by atoms with Crippen LogP contribution in [0.2, 0.25) is 18.1 Å². The molecule has 0 radical (unpaired) electrons. The number of H-pyrrole nitrogens is 1. The lowest BCUT2D eigenvalue weighted by Gasteiger charge is -2.44. The summed E-state index contributed by atoms with van der Waals surface area (Å²) in [5.74, 6) is -0.165. The van der Waals surface area contributed by atoms with Gasteiger partial charge in [-0.25, -0.2) is 4.79 Å². The van der Waals surface area contributed by atoms with Gasteiger partial charge >= 0.3 is 11.9 Å². The van der Waals surface area contributed by atoms with Gasteiger partial charge in [0.15, 0.2) is 8.32 Å². The SMILES string of the molecule is CC(C)(C)[Si](C)(C)OC[C@@]1(CCl)O[C@@H](n2cc(C(F)(F)F)c(=O)[nH]c2=O)C[C@@H]1OC(c1ccccc1)(c1ccccc1)c1ccccc1. The van der Waals surface area contributed by atoms with Crippen molar-refractivity contribution in [2.75, 3.05) is 12.5 Å². The van der Waals surface area contributed by atoms with E-state index in [9.17, 15) is 22.8 Å². The highest BCUT2D eigenvalue weighted by atomic mass is 35.5. The highest BCUT2D eigenvalue weighted by Crippen LogP contribution is 2.49. The molecule has 12 heteroatoms. The van der Waals surface area contributed by atoms with Crippen LogP contribution in [0.15, 0.2) is 107 Å². The van der Waals surface area contributed by atoms with Crippen LogP contribution in [-0.2, 0) is 25.7 Å². The molecule has 0 bridgehead atoms. The molecule has 2 heterocycles. The molecule has 1 aromatic heterocycles. The van der Waals surface area contributed by atoms with Crippen molar-refractivity contribution in [2.45, 2.75) is 75.0 Å². The first-order chi connectivity index (χ1) is 22.5. The zero-order valence-corrected chi connectivity index (χ0v) is 29.3. The standard InChI is InChI=1S/C36H40ClF3N2O5Si/c1-33(2,3)48(4,5)45-24-34(23-37)29(21-30(47-34)42-22-28(36(38,39)40)31(43)41-32(42)44)46-35(25-15-9-6-10-16-25,26-17-11-7-12-18-26)27-19-13-8-14-20-27/h6-20,22,29-30H,21,23-24H2,1-5H3,(H,41,43,44)/t29-,30+,34+/m0/s1. The second-order valence-electron chi connectivity index (χ2n) is 13.6. The van der Waals surface area contributed by atoms with E-state index in [1.165, 1.54) is 0 Å². The third-order valence-corrected chi connectivity index (χ3v) is 14.5. The van der Waals surface area contributed by atoms with Gasteiger partial charge in [-0.05, 0) is 34.8 Å². The van der Waals surface area contributed by atoms with Crippen molar-refractivity contribution < 1.29 is 27.1 Å². The van der Waals surface area contributed by atoms with Crippen molar-refractivity contribution in [2.24, 2.45) is 0 Å². The van der Waals surface area contributed by atoms with E-state index < -0.39 is 54.8 Å². The van der Waals surface area contributed by atoms with E-state index in [1.54, 1.807) is 4.98 Å². The molecule has 1 N–H and O–H groups in total. The highest BCUT2D eigenvalue weighted by Gasteiger charge is 2.55. The minimum atomic E-state index is -5.00. The number of benzene rings is 3. The molecule has 0 amide bonds. The summed E-state index contributed by atoms with van der Waals surface area (Å²) in [5.41, 5.74) is -4.38. The van der Waals surface area contributed by atoms with Crippen LogP contribution in [0.25, 0.3) is 0 Å². The molecule has 3 atom stereocenters. The molecule has 1 fully saturated rings. The van der Waals surface area contributed by atoms with Crippen LogP contribution < -0.4 is 11.2 Å². The fraction of sp³-hybridized carbons (Fsp3) is 0.389. The van der Waals surface area contributed by atoms with Crippen molar-refractivity contribution >= 4 is 19.9 Å². The molecule has 256 valence electrons. The Morgan fingerprint density at radius 2 is 1.38 bits per heavy atom. The molecule has 3 aromatic carbocycles. The van der Waals surface area contributed by atoms with E-state index >= 15 is 0 Å². The van der Waals surface area contributed by atoms with Crippen molar-refractivity contribution in [1.82, 2.24) is 9.55 Å². The van der Waals surface area contributed by atoms with Gasteiger partial charge < -0.3 is 13.9 Å². The van der Waals surface area contributed by atoms with Crippen LogP contribution in [0.4, 0.5) is 13.2 Å². The van der Waals surface area contributed by atoms with Gasteiger partial charge in [-0.1, -0.05) is 112 Å². The van der Waals surface area contributed by atoms with E-state index in [2.05, 4.69) is 33.9 Å². The Balaban J connectivity index is 1.71. The van der Waals surface area contributed by atoms with E-state index in [-0.39, 0.29) is 23.9 Å². The van der Waals surface area contributed by atoms with Crippen molar-refractivity contribution in [3.05, 3.63) is 140 Å². The zero-order valence-electron chi connectivity index (χ0n) is 27.5. The number of halogens is 4. The fourth-order valence-corrected chi connectivity index (χ4v) is 7.11. The van der Waals surface area contributed by atoms with Crippen LogP contribution in [0.3, 0.4) is 0 Å². The summed E-state index contributed by atoms with van der Waals surface area (Å²) in [6.07, 6.45) is -6.78. The van der Waals surface area contributed by atoms with Gasteiger partial charge in [0.2, 0.25) is 0 Å². The van der Waals surface area contributed by atoms with E-state index in [4.69, 9.17) is 25.5 Å². The smallest absolute Gasteiger partial charge is 0.414 e. The maximum atomic E-state index is 13.9. The van der Waals surface area contributed by atoms with Gasteiger partial charge in [0.05, 0.1) is 18.6 Å². The summed E-state index contributed by atoms with van der Waals surface area (Å²) in [6, 6.07) is 28.8. The molecular weight excluding hydrogens is 661 g/mol. The number of ether oxygens (including phenoxy) is 2. The van der Waals surface area contributed by atoms with Crippen molar-refractivity contribution in [3.63, 3.8) is 0 Å². The van der Waals surface area contributed by atoms with Crippen LogP contribution >= 0.6 is 11.6 Å². The number of nitrogens with zero attached hydrogens (tertiary/aromatic N) is 1. The third kappa shape index (κ3) is 6.84. The summed E-state index contributed by atoms with van der Waals surface area (Å²) in [6.45, 7) is 10.4. The second-order valence-corrected chi connectivity index (χ2v) is 18.7. The van der Waals surface area contributed by atoms with Crippen LogP contribution in [0.5, 0.6) is 0 Å². The Hall–Kier alpha value is -3.48. The minimum Gasteiger partial charge on any atom is -0.414 e. The maximum Gasteiger partial charge on any atom is 0.423 e. The number of aromatic nitrogens is 2. The molecule has 5 rings (SSSR count). The number of hydrogen-bond acceptors (Lipinski definition) is 5. The van der Waals surface area contributed by atoms with Gasteiger partial charge in [0.1, 0.15) is 23.0 Å². The summed E-state index contributed by atoms with van der Waals surface area (Å²) in [5, 5.41) is -0.186. The van der Waals surface area contributed by atoms with E-state index in [1.807, 2.05) is 91.0 Å². The summed E-state index contributed by atoms with van der Waals surface area (Å²) in [7, 11) is -2.43. The quantitative estimate of drug-likeness (QED) is 0.104. The Morgan fingerprint density at radius 1 is 0.896 bits per heavy atom. The lowest BCUT2D eigenvalue weighted by Crippen LogP contribution is -2.54. The molecule has 0 spiro atoms. The van der Waals surface area contributed by atoms with Crippen molar-refractivity contribution in [3.8, 4) is 0 Å². The summed E-state index contributed by atoms with van der Waals surface area (Å²) in [4.78, 5) is 27.1. The zero-order chi connectivity index (χ0) is 35.0. The Morgan fingerprint density at radius 3 is 1.79 bits per heavy atom. The molecule has 48 heavy (non-hydrogen) atoms. The number of rotatable bonds is 10. The average Bonchev–Trinajstić information content (AvgIpc) is 3.40. The minimum absolute atomic E-state index is 0.0488. The molecule has 4 aromatic rings. The van der Waals surface area contributed by atoms with Crippen molar-refractivity contribution in [1.29, 1.82) is 0 Å². The Kier molecular flexibility index (Phi) is 10.0.